The van der Waals surface area contributed by atoms with Crippen molar-refractivity contribution in [1.29, 1.82) is 0 Å². The molecule has 0 bridgehead atoms. The van der Waals surface area contributed by atoms with E-state index in [2.05, 4.69) is 40.2 Å². The molecule has 0 radical (unpaired) electrons. The maximum Gasteiger partial charge on any atom is 0.226 e. The van der Waals surface area contributed by atoms with E-state index in [9.17, 15) is 4.79 Å². The lowest BCUT2D eigenvalue weighted by molar-refractivity contribution is -0.133. The number of halogens is 1. The fourth-order valence-corrected chi connectivity index (χ4v) is 2.70. The number of alkyl halides is 1. The lowest BCUT2D eigenvalue weighted by atomic mass is 10.1. The first-order valence-electron chi connectivity index (χ1n) is 6.10. The molecule has 0 aromatic heterocycles. The highest BCUT2D eigenvalue weighted by Gasteiger charge is 2.28. The van der Waals surface area contributed by atoms with Crippen LogP contribution < -0.4 is 0 Å². The molecule has 2 rings (SSSR count). The predicted molar refractivity (Wildman–Crippen MR) is 73.4 cm³/mol. The Hall–Kier alpha value is -0.830. The van der Waals surface area contributed by atoms with Gasteiger partial charge in [0.25, 0.3) is 0 Å². The molecule has 1 aliphatic carbocycles. The summed E-state index contributed by atoms with van der Waals surface area (Å²) in [7, 11) is 1.91. The number of hydrogen-bond donors (Lipinski definition) is 0. The molecule has 0 saturated heterocycles. The summed E-state index contributed by atoms with van der Waals surface area (Å²) in [5.41, 5.74) is 2.69. The van der Waals surface area contributed by atoms with Gasteiger partial charge in [0.15, 0.2) is 0 Å². The number of rotatable bonds is 4. The van der Waals surface area contributed by atoms with Gasteiger partial charge in [-0.05, 0) is 30.4 Å². The first kappa shape index (κ1) is 12.6. The van der Waals surface area contributed by atoms with Gasteiger partial charge in [-0.1, -0.05) is 40.2 Å². The molecular formula is C14H18BrNO. The molecule has 2 nitrogen and oxygen atoms in total. The standard InChI is InChI=1S/C14H18BrNO/c1-16(8-4-7-15)14(17)13-9-11-5-2-3-6-12(11)10-13/h2-3,5-6,13H,4,7-10H2,1H3. The minimum Gasteiger partial charge on any atom is -0.345 e. The molecule has 0 fully saturated rings. The fourth-order valence-electron chi connectivity index (χ4n) is 2.45. The molecule has 0 heterocycles. The van der Waals surface area contributed by atoms with E-state index in [-0.39, 0.29) is 5.92 Å². The lowest BCUT2D eigenvalue weighted by Gasteiger charge is -2.20. The monoisotopic (exact) mass is 295 g/mol. The highest BCUT2D eigenvalue weighted by molar-refractivity contribution is 9.09. The number of fused-ring (bicyclic) bond motifs is 1. The molecule has 3 heteroatoms. The zero-order valence-corrected chi connectivity index (χ0v) is 11.7. The van der Waals surface area contributed by atoms with Crippen LogP contribution in [-0.4, -0.2) is 29.7 Å². The van der Waals surface area contributed by atoms with Crippen LogP contribution in [0, 0.1) is 5.92 Å². The summed E-state index contributed by atoms with van der Waals surface area (Å²) in [4.78, 5) is 14.1. The van der Waals surface area contributed by atoms with Gasteiger partial charge in [-0.15, -0.1) is 0 Å². The highest BCUT2D eigenvalue weighted by Crippen LogP contribution is 2.27. The Morgan fingerprint density at radius 1 is 1.35 bits per heavy atom. The molecule has 0 unspecified atom stereocenters. The molecule has 1 aromatic rings. The van der Waals surface area contributed by atoms with Crippen molar-refractivity contribution in [2.75, 3.05) is 18.9 Å². The van der Waals surface area contributed by atoms with Gasteiger partial charge < -0.3 is 4.90 Å². The number of benzene rings is 1. The summed E-state index contributed by atoms with van der Waals surface area (Å²) in [5, 5.41) is 0.954. The maximum atomic E-state index is 12.2. The third-order valence-electron chi connectivity index (χ3n) is 3.40. The third-order valence-corrected chi connectivity index (χ3v) is 3.96. The van der Waals surface area contributed by atoms with Crippen molar-refractivity contribution in [3.05, 3.63) is 35.4 Å². The molecule has 0 saturated carbocycles. The Bertz CT molecular complexity index is 380. The van der Waals surface area contributed by atoms with Gasteiger partial charge in [0.05, 0.1) is 0 Å². The van der Waals surface area contributed by atoms with E-state index in [4.69, 9.17) is 0 Å². The van der Waals surface area contributed by atoms with Crippen LogP contribution in [0.1, 0.15) is 17.5 Å². The maximum absolute atomic E-state index is 12.2. The van der Waals surface area contributed by atoms with Crippen molar-refractivity contribution in [2.45, 2.75) is 19.3 Å². The van der Waals surface area contributed by atoms with Crippen molar-refractivity contribution in [2.24, 2.45) is 5.92 Å². The van der Waals surface area contributed by atoms with E-state index in [0.29, 0.717) is 5.91 Å². The van der Waals surface area contributed by atoms with Gasteiger partial charge >= 0.3 is 0 Å². The van der Waals surface area contributed by atoms with E-state index in [1.165, 1.54) is 11.1 Å². The van der Waals surface area contributed by atoms with Crippen LogP contribution in [0.4, 0.5) is 0 Å². The molecular weight excluding hydrogens is 278 g/mol. The highest BCUT2D eigenvalue weighted by atomic mass is 79.9. The van der Waals surface area contributed by atoms with Crippen LogP contribution in [0.15, 0.2) is 24.3 Å². The van der Waals surface area contributed by atoms with Gasteiger partial charge in [0.1, 0.15) is 0 Å². The zero-order valence-electron chi connectivity index (χ0n) is 10.2. The summed E-state index contributed by atoms with van der Waals surface area (Å²) < 4.78 is 0. The Balaban J connectivity index is 1.96. The van der Waals surface area contributed by atoms with Gasteiger partial charge in [0, 0.05) is 24.8 Å². The topological polar surface area (TPSA) is 20.3 Å². The SMILES string of the molecule is CN(CCCBr)C(=O)C1Cc2ccccc2C1. The van der Waals surface area contributed by atoms with Gasteiger partial charge in [0.2, 0.25) is 5.91 Å². The quantitative estimate of drug-likeness (QED) is 0.782. The Kier molecular flexibility index (Phi) is 4.21. The van der Waals surface area contributed by atoms with Gasteiger partial charge in [-0.3, -0.25) is 4.79 Å². The molecule has 0 atom stereocenters. The summed E-state index contributed by atoms with van der Waals surface area (Å²) >= 11 is 3.40. The van der Waals surface area contributed by atoms with E-state index in [1.54, 1.807) is 0 Å². The van der Waals surface area contributed by atoms with Crippen LogP contribution in [-0.2, 0) is 17.6 Å². The van der Waals surface area contributed by atoms with Crippen molar-refractivity contribution in [3.8, 4) is 0 Å². The summed E-state index contributed by atoms with van der Waals surface area (Å²) in [6.07, 6.45) is 2.84. The second-order valence-electron chi connectivity index (χ2n) is 4.68. The molecule has 92 valence electrons. The van der Waals surface area contributed by atoms with Crippen LogP contribution >= 0.6 is 15.9 Å². The second kappa shape index (κ2) is 5.67. The smallest absolute Gasteiger partial charge is 0.226 e. The van der Waals surface area contributed by atoms with Crippen molar-refractivity contribution in [3.63, 3.8) is 0 Å². The minimum atomic E-state index is 0.160. The molecule has 1 aliphatic rings. The average molecular weight is 296 g/mol. The van der Waals surface area contributed by atoms with Crippen molar-refractivity contribution >= 4 is 21.8 Å². The first-order valence-corrected chi connectivity index (χ1v) is 7.22. The van der Waals surface area contributed by atoms with Gasteiger partial charge in [-0.25, -0.2) is 0 Å². The largest absolute Gasteiger partial charge is 0.345 e. The zero-order chi connectivity index (χ0) is 12.3. The molecule has 0 N–H and O–H groups in total. The third kappa shape index (κ3) is 2.89. The molecule has 0 spiro atoms. The molecule has 17 heavy (non-hydrogen) atoms. The fraction of sp³-hybridized carbons (Fsp3) is 0.500. The Labute approximate surface area is 111 Å². The van der Waals surface area contributed by atoms with Crippen LogP contribution in [0.5, 0.6) is 0 Å². The summed E-state index contributed by atoms with van der Waals surface area (Å²) in [6.45, 7) is 0.844. The van der Waals surface area contributed by atoms with E-state index >= 15 is 0 Å². The second-order valence-corrected chi connectivity index (χ2v) is 5.47. The van der Waals surface area contributed by atoms with E-state index < -0.39 is 0 Å². The van der Waals surface area contributed by atoms with E-state index in [0.717, 1.165) is 31.1 Å². The van der Waals surface area contributed by atoms with Crippen molar-refractivity contribution < 1.29 is 4.79 Å². The average Bonchev–Trinajstić information content (AvgIpc) is 2.78. The Morgan fingerprint density at radius 2 is 1.94 bits per heavy atom. The number of carbonyl (C=O) groups excluding carboxylic acids is 1. The lowest BCUT2D eigenvalue weighted by Crippen LogP contribution is -2.34. The van der Waals surface area contributed by atoms with Crippen molar-refractivity contribution in [1.82, 2.24) is 4.90 Å². The summed E-state index contributed by atoms with van der Waals surface area (Å²) in [5.74, 6) is 0.454. The number of carbonyl (C=O) groups is 1. The predicted octanol–water partition coefficient (Wildman–Crippen LogP) is 2.64. The minimum absolute atomic E-state index is 0.160. The summed E-state index contributed by atoms with van der Waals surface area (Å²) in [6, 6.07) is 8.39. The van der Waals surface area contributed by atoms with Crippen LogP contribution in [0.3, 0.4) is 0 Å². The van der Waals surface area contributed by atoms with Gasteiger partial charge in [-0.2, -0.15) is 0 Å². The van der Waals surface area contributed by atoms with E-state index in [1.807, 2.05) is 11.9 Å². The molecule has 1 amide bonds. The number of amides is 1. The Morgan fingerprint density at radius 3 is 2.47 bits per heavy atom. The normalized spacial score (nSPS) is 14.7. The first-order chi connectivity index (χ1) is 8.22. The van der Waals surface area contributed by atoms with Crippen LogP contribution in [0.2, 0.25) is 0 Å². The van der Waals surface area contributed by atoms with Crippen LogP contribution in [0.25, 0.3) is 0 Å². The molecule has 0 aliphatic heterocycles. The molecule has 1 aromatic carbocycles. The number of hydrogen-bond acceptors (Lipinski definition) is 1. The number of nitrogens with zero attached hydrogens (tertiary/aromatic N) is 1.